The summed E-state index contributed by atoms with van der Waals surface area (Å²) >= 11 is 18.3. The van der Waals surface area contributed by atoms with Crippen LogP contribution >= 0.6 is 34.8 Å². The fourth-order valence-corrected chi connectivity index (χ4v) is 2.96. The van der Waals surface area contributed by atoms with Crippen LogP contribution in [-0.4, -0.2) is 13.2 Å². The minimum Gasteiger partial charge on any atom is -0.493 e. The fourth-order valence-electron chi connectivity index (χ4n) is 2.35. The van der Waals surface area contributed by atoms with Crippen LogP contribution in [0.2, 0.25) is 15.1 Å². The molecule has 1 aliphatic rings. The molecule has 1 N–H and O–H groups in total. The number of benzene rings is 2. The molecule has 2 aromatic rings. The second-order valence-corrected chi connectivity index (χ2v) is 7.02. The lowest BCUT2D eigenvalue weighted by Crippen LogP contribution is -2.15. The molecule has 0 bridgehead atoms. The van der Waals surface area contributed by atoms with Gasteiger partial charge in [-0.3, -0.25) is 0 Å². The Morgan fingerprint density at radius 2 is 1.75 bits per heavy atom. The lowest BCUT2D eigenvalue weighted by atomic mass is 10.2. The Hall–Kier alpha value is -1.13. The maximum Gasteiger partial charge on any atom is 0.180 e. The predicted octanol–water partition coefficient (Wildman–Crippen LogP) is 5.49. The molecule has 1 fully saturated rings. The summed E-state index contributed by atoms with van der Waals surface area (Å²) in [4.78, 5) is 0. The van der Waals surface area contributed by atoms with Gasteiger partial charge in [-0.2, -0.15) is 0 Å². The molecule has 3 nitrogen and oxygen atoms in total. The first-order chi connectivity index (χ1) is 11.6. The van der Waals surface area contributed by atoms with Crippen molar-refractivity contribution in [1.29, 1.82) is 0 Å². The van der Waals surface area contributed by atoms with Crippen molar-refractivity contribution in [3.05, 3.63) is 56.5 Å². The SMILES string of the molecule is COc1cc(CNC2CC2)cc(Cl)c1OCc1ccc(Cl)c(Cl)c1. The van der Waals surface area contributed by atoms with E-state index in [0.29, 0.717) is 39.2 Å². The van der Waals surface area contributed by atoms with Crippen LogP contribution < -0.4 is 14.8 Å². The summed E-state index contributed by atoms with van der Waals surface area (Å²) in [6.45, 7) is 1.10. The van der Waals surface area contributed by atoms with Crippen molar-refractivity contribution in [1.82, 2.24) is 5.32 Å². The molecule has 1 saturated carbocycles. The van der Waals surface area contributed by atoms with Gasteiger partial charge in [-0.25, -0.2) is 0 Å². The van der Waals surface area contributed by atoms with E-state index in [-0.39, 0.29) is 0 Å². The highest BCUT2D eigenvalue weighted by Gasteiger charge is 2.20. The number of nitrogens with one attached hydrogen (secondary N) is 1. The third kappa shape index (κ3) is 4.48. The summed E-state index contributed by atoms with van der Waals surface area (Å²) < 4.78 is 11.3. The zero-order valence-corrected chi connectivity index (χ0v) is 15.5. The molecule has 0 unspecified atom stereocenters. The van der Waals surface area contributed by atoms with Crippen LogP contribution in [-0.2, 0) is 13.2 Å². The Labute approximate surface area is 156 Å². The van der Waals surface area contributed by atoms with Gasteiger partial charge in [0, 0.05) is 12.6 Å². The van der Waals surface area contributed by atoms with Crippen LogP contribution in [0, 0.1) is 0 Å². The Morgan fingerprint density at radius 3 is 2.42 bits per heavy atom. The maximum atomic E-state index is 6.39. The molecular formula is C18H18Cl3NO2. The van der Waals surface area contributed by atoms with Gasteiger partial charge >= 0.3 is 0 Å². The van der Waals surface area contributed by atoms with E-state index < -0.39 is 0 Å². The van der Waals surface area contributed by atoms with Gasteiger partial charge in [0.1, 0.15) is 6.61 Å². The second-order valence-electron chi connectivity index (χ2n) is 5.80. The summed E-state index contributed by atoms with van der Waals surface area (Å²) in [5, 5.41) is 5.00. The van der Waals surface area contributed by atoms with E-state index in [0.717, 1.165) is 17.7 Å². The molecule has 6 heteroatoms. The third-order valence-corrected chi connectivity index (χ3v) is 4.85. The average molecular weight is 387 g/mol. The van der Waals surface area contributed by atoms with Gasteiger partial charge in [-0.05, 0) is 48.2 Å². The maximum absolute atomic E-state index is 6.39. The number of hydrogen-bond donors (Lipinski definition) is 1. The first kappa shape index (κ1) is 17.7. The number of ether oxygens (including phenoxy) is 2. The van der Waals surface area contributed by atoms with Crippen molar-refractivity contribution in [2.45, 2.75) is 32.0 Å². The van der Waals surface area contributed by atoms with E-state index in [1.54, 1.807) is 19.2 Å². The Bertz CT molecular complexity index is 732. The number of methoxy groups -OCH3 is 1. The summed E-state index contributed by atoms with van der Waals surface area (Å²) in [6, 6.07) is 9.88. The van der Waals surface area contributed by atoms with Crippen LogP contribution in [0.1, 0.15) is 24.0 Å². The molecule has 0 saturated heterocycles. The molecule has 0 spiro atoms. The van der Waals surface area contributed by atoms with E-state index in [1.807, 2.05) is 18.2 Å². The van der Waals surface area contributed by atoms with Crippen molar-refractivity contribution >= 4 is 34.8 Å². The fraction of sp³-hybridized carbons (Fsp3) is 0.333. The number of rotatable bonds is 7. The molecule has 128 valence electrons. The zero-order valence-electron chi connectivity index (χ0n) is 13.2. The minimum atomic E-state index is 0.326. The van der Waals surface area contributed by atoms with Crippen LogP contribution in [0.4, 0.5) is 0 Å². The molecule has 2 aromatic carbocycles. The third-order valence-electron chi connectivity index (χ3n) is 3.83. The Kier molecular flexibility index (Phi) is 5.77. The summed E-state index contributed by atoms with van der Waals surface area (Å²) in [5.74, 6) is 1.15. The van der Waals surface area contributed by atoms with Crippen LogP contribution in [0.5, 0.6) is 11.5 Å². The Morgan fingerprint density at radius 1 is 1.00 bits per heavy atom. The smallest absolute Gasteiger partial charge is 0.180 e. The largest absolute Gasteiger partial charge is 0.493 e. The highest BCUT2D eigenvalue weighted by Crippen LogP contribution is 2.37. The predicted molar refractivity (Wildman–Crippen MR) is 98.7 cm³/mol. The molecule has 0 heterocycles. The van der Waals surface area contributed by atoms with E-state index >= 15 is 0 Å². The number of hydrogen-bond acceptors (Lipinski definition) is 3. The highest BCUT2D eigenvalue weighted by atomic mass is 35.5. The first-order valence-corrected chi connectivity index (χ1v) is 8.86. The standard InChI is InChI=1S/C18H18Cl3NO2/c1-23-17-8-12(9-22-13-3-4-13)7-16(21)18(17)24-10-11-2-5-14(19)15(20)6-11/h2,5-8,13,22H,3-4,9-10H2,1H3. The molecule has 0 aromatic heterocycles. The van der Waals surface area contributed by atoms with Gasteiger partial charge in [0.05, 0.1) is 22.2 Å². The molecule has 0 aliphatic heterocycles. The molecule has 1 aliphatic carbocycles. The van der Waals surface area contributed by atoms with Crippen LogP contribution in [0.25, 0.3) is 0 Å². The van der Waals surface area contributed by atoms with Gasteiger partial charge in [-0.1, -0.05) is 40.9 Å². The average Bonchev–Trinajstić information content (AvgIpc) is 3.39. The van der Waals surface area contributed by atoms with E-state index in [2.05, 4.69) is 5.32 Å². The van der Waals surface area contributed by atoms with Gasteiger partial charge in [0.15, 0.2) is 11.5 Å². The zero-order chi connectivity index (χ0) is 17.1. The first-order valence-electron chi connectivity index (χ1n) is 7.73. The molecule has 24 heavy (non-hydrogen) atoms. The van der Waals surface area contributed by atoms with Gasteiger partial charge in [0.25, 0.3) is 0 Å². The van der Waals surface area contributed by atoms with Crippen molar-refractivity contribution in [3.63, 3.8) is 0 Å². The van der Waals surface area contributed by atoms with Crippen molar-refractivity contribution in [3.8, 4) is 11.5 Å². The second kappa shape index (κ2) is 7.83. The highest BCUT2D eigenvalue weighted by molar-refractivity contribution is 6.42. The van der Waals surface area contributed by atoms with Crippen LogP contribution in [0.3, 0.4) is 0 Å². The molecule has 0 amide bonds. The monoisotopic (exact) mass is 385 g/mol. The minimum absolute atomic E-state index is 0.326. The lowest BCUT2D eigenvalue weighted by Gasteiger charge is -2.15. The molecule has 0 radical (unpaired) electrons. The van der Waals surface area contributed by atoms with Crippen molar-refractivity contribution in [2.24, 2.45) is 0 Å². The van der Waals surface area contributed by atoms with E-state index in [9.17, 15) is 0 Å². The summed E-state index contributed by atoms with van der Waals surface area (Å²) in [7, 11) is 1.61. The Balaban J connectivity index is 1.72. The van der Waals surface area contributed by atoms with E-state index in [4.69, 9.17) is 44.3 Å². The van der Waals surface area contributed by atoms with Gasteiger partial charge in [-0.15, -0.1) is 0 Å². The van der Waals surface area contributed by atoms with Crippen LogP contribution in [0.15, 0.2) is 30.3 Å². The summed E-state index contributed by atoms with van der Waals surface area (Å²) in [6.07, 6.45) is 2.49. The van der Waals surface area contributed by atoms with E-state index in [1.165, 1.54) is 12.8 Å². The normalized spacial score (nSPS) is 13.8. The molecule has 3 rings (SSSR count). The van der Waals surface area contributed by atoms with Crippen molar-refractivity contribution in [2.75, 3.05) is 7.11 Å². The summed E-state index contributed by atoms with van der Waals surface area (Å²) in [5.41, 5.74) is 1.98. The van der Waals surface area contributed by atoms with Gasteiger partial charge < -0.3 is 14.8 Å². The van der Waals surface area contributed by atoms with Crippen molar-refractivity contribution < 1.29 is 9.47 Å². The molecular weight excluding hydrogens is 369 g/mol. The topological polar surface area (TPSA) is 30.5 Å². The number of halogens is 3. The van der Waals surface area contributed by atoms with Gasteiger partial charge in [0.2, 0.25) is 0 Å². The lowest BCUT2D eigenvalue weighted by molar-refractivity contribution is 0.284. The molecule has 0 atom stereocenters. The quantitative estimate of drug-likeness (QED) is 0.683.